The predicted molar refractivity (Wildman–Crippen MR) is 69.2 cm³/mol. The summed E-state index contributed by atoms with van der Waals surface area (Å²) in [6.07, 6.45) is 4.95. The van der Waals surface area contributed by atoms with Gasteiger partial charge in [0.05, 0.1) is 11.5 Å². The molecule has 0 aliphatic heterocycles. The van der Waals surface area contributed by atoms with Crippen molar-refractivity contribution in [1.82, 2.24) is 5.32 Å². The van der Waals surface area contributed by atoms with E-state index in [1.165, 1.54) is 0 Å². The number of nitrogens with one attached hydrogen (secondary N) is 1. The van der Waals surface area contributed by atoms with Crippen LogP contribution in [-0.4, -0.2) is 28.6 Å². The summed E-state index contributed by atoms with van der Waals surface area (Å²) in [4.78, 5) is 23.7. The largest absolute Gasteiger partial charge is 0.481 e. The number of amides is 1. The lowest BCUT2D eigenvalue weighted by atomic mass is 9.83. The number of hydrogen-bond acceptors (Lipinski definition) is 3. The van der Waals surface area contributed by atoms with Crippen LogP contribution < -0.4 is 11.1 Å². The van der Waals surface area contributed by atoms with Crippen LogP contribution in [0.1, 0.15) is 39.0 Å². The summed E-state index contributed by atoms with van der Waals surface area (Å²) in [6.45, 7) is 1.77. The summed E-state index contributed by atoms with van der Waals surface area (Å²) in [6, 6.07) is -0.217. The number of hydrogen-bond donors (Lipinski definition) is 3. The third-order valence-electron chi connectivity index (χ3n) is 5.41. The Hall–Kier alpha value is -1.10. The molecule has 5 atom stereocenters. The van der Waals surface area contributed by atoms with Crippen LogP contribution in [-0.2, 0) is 9.59 Å². The van der Waals surface area contributed by atoms with Gasteiger partial charge in [0.2, 0.25) is 5.91 Å². The van der Waals surface area contributed by atoms with Crippen molar-refractivity contribution in [3.05, 3.63) is 0 Å². The average molecular weight is 266 g/mol. The molecule has 2 bridgehead atoms. The zero-order chi connectivity index (χ0) is 13.8. The third-order valence-corrected chi connectivity index (χ3v) is 5.41. The molecule has 3 aliphatic carbocycles. The Balaban J connectivity index is 1.71. The Labute approximate surface area is 112 Å². The van der Waals surface area contributed by atoms with Gasteiger partial charge in [-0.1, -0.05) is 0 Å². The second-order valence-electron chi connectivity index (χ2n) is 6.75. The molecule has 19 heavy (non-hydrogen) atoms. The van der Waals surface area contributed by atoms with Gasteiger partial charge in [0.1, 0.15) is 0 Å². The Morgan fingerprint density at radius 2 is 1.84 bits per heavy atom. The van der Waals surface area contributed by atoms with Gasteiger partial charge in [-0.15, -0.1) is 0 Å². The van der Waals surface area contributed by atoms with Crippen molar-refractivity contribution in [1.29, 1.82) is 0 Å². The number of carbonyl (C=O) groups excluding carboxylic acids is 1. The van der Waals surface area contributed by atoms with Crippen LogP contribution in [0.3, 0.4) is 0 Å². The number of nitrogens with two attached hydrogens (primary N) is 1. The predicted octanol–water partition coefficient (Wildman–Crippen LogP) is 0.729. The molecule has 0 radical (unpaired) electrons. The Morgan fingerprint density at radius 1 is 1.21 bits per heavy atom. The molecule has 3 aliphatic rings. The lowest BCUT2D eigenvalue weighted by Gasteiger charge is -2.32. The summed E-state index contributed by atoms with van der Waals surface area (Å²) in [5.74, 6) is -0.545. The van der Waals surface area contributed by atoms with Gasteiger partial charge in [0.25, 0.3) is 0 Å². The van der Waals surface area contributed by atoms with Crippen molar-refractivity contribution in [2.45, 2.75) is 50.6 Å². The van der Waals surface area contributed by atoms with Gasteiger partial charge in [-0.25, -0.2) is 0 Å². The van der Waals surface area contributed by atoms with Crippen LogP contribution >= 0.6 is 0 Å². The first kappa shape index (κ1) is 12.9. The van der Waals surface area contributed by atoms with Gasteiger partial charge < -0.3 is 16.2 Å². The highest BCUT2D eigenvalue weighted by Gasteiger charge is 2.53. The molecule has 106 valence electrons. The molecule has 0 aromatic heterocycles. The van der Waals surface area contributed by atoms with E-state index in [9.17, 15) is 14.7 Å². The normalized spacial score (nSPS) is 39.9. The van der Waals surface area contributed by atoms with Gasteiger partial charge in [0, 0.05) is 6.04 Å². The summed E-state index contributed by atoms with van der Waals surface area (Å²) >= 11 is 0. The molecular formula is C14H22N2O3. The molecule has 5 heteroatoms. The van der Waals surface area contributed by atoms with Crippen molar-refractivity contribution in [3.8, 4) is 0 Å². The molecule has 3 saturated carbocycles. The van der Waals surface area contributed by atoms with E-state index < -0.39 is 17.4 Å². The molecule has 0 spiro atoms. The fourth-order valence-corrected chi connectivity index (χ4v) is 4.03. The third kappa shape index (κ3) is 2.04. The lowest BCUT2D eigenvalue weighted by molar-refractivity contribution is -0.145. The fraction of sp³-hybridized carbons (Fsp3) is 0.857. The molecule has 1 amide bonds. The van der Waals surface area contributed by atoms with Gasteiger partial charge in [0.15, 0.2) is 0 Å². The molecule has 0 aromatic carbocycles. The Kier molecular flexibility index (Phi) is 2.85. The van der Waals surface area contributed by atoms with Crippen molar-refractivity contribution >= 4 is 11.9 Å². The minimum Gasteiger partial charge on any atom is -0.481 e. The number of carbonyl (C=O) groups is 2. The smallest absolute Gasteiger partial charge is 0.308 e. The molecule has 0 heterocycles. The maximum Gasteiger partial charge on any atom is 0.308 e. The number of carboxylic acids is 1. The van der Waals surface area contributed by atoms with E-state index in [1.54, 1.807) is 6.92 Å². The molecule has 3 fully saturated rings. The first-order chi connectivity index (χ1) is 8.91. The van der Waals surface area contributed by atoms with E-state index >= 15 is 0 Å². The number of aliphatic carboxylic acids is 1. The summed E-state index contributed by atoms with van der Waals surface area (Å²) in [5, 5.41) is 12.3. The van der Waals surface area contributed by atoms with Crippen LogP contribution in [0, 0.1) is 23.7 Å². The number of fused-ring (bicyclic) bond motifs is 2. The van der Waals surface area contributed by atoms with Crippen molar-refractivity contribution in [2.24, 2.45) is 29.4 Å². The van der Waals surface area contributed by atoms with Crippen LogP contribution in [0.25, 0.3) is 0 Å². The molecule has 5 unspecified atom stereocenters. The number of rotatable bonds is 4. The molecular weight excluding hydrogens is 244 g/mol. The Bertz CT molecular complexity index is 417. The van der Waals surface area contributed by atoms with Crippen molar-refractivity contribution in [3.63, 3.8) is 0 Å². The molecule has 0 aromatic rings. The average Bonchev–Trinajstić information content (AvgIpc) is 3.02. The summed E-state index contributed by atoms with van der Waals surface area (Å²) < 4.78 is 0. The maximum absolute atomic E-state index is 12.3. The van der Waals surface area contributed by atoms with Gasteiger partial charge in [-0.2, -0.15) is 0 Å². The first-order valence-electron chi connectivity index (χ1n) is 7.24. The molecule has 4 N–H and O–H groups in total. The molecule has 3 rings (SSSR count). The topological polar surface area (TPSA) is 92.4 Å². The maximum atomic E-state index is 12.3. The SMILES string of the molecule is CC(N)(C(=O)NC1C2CCC(C2)C1C(=O)O)C1CC1. The quantitative estimate of drug-likeness (QED) is 0.699. The van der Waals surface area contributed by atoms with E-state index in [4.69, 9.17) is 5.73 Å². The van der Waals surface area contributed by atoms with E-state index in [2.05, 4.69) is 5.32 Å². The highest BCUT2D eigenvalue weighted by atomic mass is 16.4. The van der Waals surface area contributed by atoms with Crippen LogP contribution in [0.4, 0.5) is 0 Å². The second-order valence-corrected chi connectivity index (χ2v) is 6.75. The monoisotopic (exact) mass is 266 g/mol. The minimum atomic E-state index is -0.842. The van der Waals surface area contributed by atoms with Crippen LogP contribution in [0.15, 0.2) is 0 Å². The molecule has 5 nitrogen and oxygen atoms in total. The highest BCUT2D eigenvalue weighted by molar-refractivity contribution is 5.87. The van der Waals surface area contributed by atoms with E-state index in [1.807, 2.05) is 0 Å². The highest BCUT2D eigenvalue weighted by Crippen LogP contribution is 2.49. The van der Waals surface area contributed by atoms with Crippen molar-refractivity contribution < 1.29 is 14.7 Å². The summed E-state index contributed by atoms with van der Waals surface area (Å²) in [5.41, 5.74) is 5.26. The zero-order valence-corrected chi connectivity index (χ0v) is 11.3. The molecule has 0 saturated heterocycles. The first-order valence-corrected chi connectivity index (χ1v) is 7.24. The minimum absolute atomic E-state index is 0.168. The lowest BCUT2D eigenvalue weighted by Crippen LogP contribution is -2.58. The number of carboxylic acid groups (broad SMARTS) is 1. The van der Waals surface area contributed by atoms with E-state index in [0.29, 0.717) is 5.92 Å². The standard InChI is InChI=1S/C14H22N2O3/c1-14(15,9-4-5-9)13(19)16-11-8-3-2-7(6-8)10(11)12(17)18/h7-11H,2-6,15H2,1H3,(H,16,19)(H,17,18). The van der Waals surface area contributed by atoms with Gasteiger partial charge in [-0.05, 0) is 56.8 Å². The Morgan fingerprint density at radius 3 is 2.42 bits per heavy atom. The van der Waals surface area contributed by atoms with E-state index in [-0.39, 0.29) is 23.8 Å². The summed E-state index contributed by atoms with van der Waals surface area (Å²) in [7, 11) is 0. The van der Waals surface area contributed by atoms with E-state index in [0.717, 1.165) is 32.1 Å². The van der Waals surface area contributed by atoms with Crippen LogP contribution in [0.2, 0.25) is 0 Å². The van der Waals surface area contributed by atoms with Crippen molar-refractivity contribution in [2.75, 3.05) is 0 Å². The van der Waals surface area contributed by atoms with Gasteiger partial charge >= 0.3 is 5.97 Å². The van der Waals surface area contributed by atoms with Gasteiger partial charge in [-0.3, -0.25) is 9.59 Å². The fourth-order valence-electron chi connectivity index (χ4n) is 4.03. The zero-order valence-electron chi connectivity index (χ0n) is 11.3. The second kappa shape index (κ2) is 4.20. The van der Waals surface area contributed by atoms with Crippen LogP contribution in [0.5, 0.6) is 0 Å².